The lowest BCUT2D eigenvalue weighted by atomic mass is 9.82. The SMILES string of the molecule is NC1CC2CCCC(C1)N2Cc1cccc(F)c1. The van der Waals surface area contributed by atoms with Crippen LogP contribution in [-0.4, -0.2) is 23.0 Å². The number of hydrogen-bond acceptors (Lipinski definition) is 2. The van der Waals surface area contributed by atoms with E-state index in [1.165, 1.54) is 25.3 Å². The first-order valence-electron chi connectivity index (χ1n) is 6.98. The molecule has 2 nitrogen and oxygen atoms in total. The van der Waals surface area contributed by atoms with Gasteiger partial charge in [-0.05, 0) is 43.4 Å². The Kier molecular flexibility index (Phi) is 3.35. The highest BCUT2D eigenvalue weighted by molar-refractivity contribution is 5.17. The van der Waals surface area contributed by atoms with Crippen LogP contribution in [0.15, 0.2) is 24.3 Å². The minimum Gasteiger partial charge on any atom is -0.328 e. The van der Waals surface area contributed by atoms with E-state index < -0.39 is 0 Å². The van der Waals surface area contributed by atoms with Crippen molar-refractivity contribution in [2.75, 3.05) is 0 Å². The Labute approximate surface area is 108 Å². The van der Waals surface area contributed by atoms with E-state index in [-0.39, 0.29) is 5.82 Å². The van der Waals surface area contributed by atoms with Crippen molar-refractivity contribution in [3.8, 4) is 0 Å². The van der Waals surface area contributed by atoms with Gasteiger partial charge in [-0.15, -0.1) is 0 Å². The summed E-state index contributed by atoms with van der Waals surface area (Å²) in [5.41, 5.74) is 7.20. The van der Waals surface area contributed by atoms with Crippen molar-refractivity contribution < 1.29 is 4.39 Å². The summed E-state index contributed by atoms with van der Waals surface area (Å²) in [7, 11) is 0. The highest BCUT2D eigenvalue weighted by Crippen LogP contribution is 2.34. The monoisotopic (exact) mass is 248 g/mol. The van der Waals surface area contributed by atoms with Crippen molar-refractivity contribution in [3.05, 3.63) is 35.6 Å². The first-order valence-corrected chi connectivity index (χ1v) is 6.98. The molecular weight excluding hydrogens is 227 g/mol. The molecule has 98 valence electrons. The van der Waals surface area contributed by atoms with Crippen LogP contribution in [-0.2, 0) is 6.54 Å². The molecule has 2 bridgehead atoms. The summed E-state index contributed by atoms with van der Waals surface area (Å²) >= 11 is 0. The molecule has 2 N–H and O–H groups in total. The van der Waals surface area contributed by atoms with E-state index in [1.54, 1.807) is 12.1 Å². The van der Waals surface area contributed by atoms with E-state index >= 15 is 0 Å². The molecule has 2 aliphatic heterocycles. The molecule has 0 aliphatic carbocycles. The minimum absolute atomic E-state index is 0.133. The molecule has 2 atom stereocenters. The van der Waals surface area contributed by atoms with E-state index in [0.29, 0.717) is 18.1 Å². The van der Waals surface area contributed by atoms with Crippen molar-refractivity contribution >= 4 is 0 Å². The van der Waals surface area contributed by atoms with Gasteiger partial charge >= 0.3 is 0 Å². The van der Waals surface area contributed by atoms with Crippen LogP contribution >= 0.6 is 0 Å². The second-order valence-corrected chi connectivity index (χ2v) is 5.77. The number of fused-ring (bicyclic) bond motifs is 2. The Bertz CT molecular complexity index is 407. The van der Waals surface area contributed by atoms with Gasteiger partial charge in [-0.2, -0.15) is 0 Å². The zero-order chi connectivity index (χ0) is 12.5. The normalized spacial score (nSPS) is 32.4. The molecule has 2 aliphatic rings. The van der Waals surface area contributed by atoms with Crippen molar-refractivity contribution in [2.24, 2.45) is 5.73 Å². The largest absolute Gasteiger partial charge is 0.328 e. The molecule has 2 saturated heterocycles. The zero-order valence-electron chi connectivity index (χ0n) is 10.7. The maximum atomic E-state index is 13.2. The van der Waals surface area contributed by atoms with Gasteiger partial charge in [0.05, 0.1) is 0 Å². The number of piperidine rings is 2. The molecule has 1 aromatic rings. The van der Waals surface area contributed by atoms with E-state index in [2.05, 4.69) is 4.90 Å². The predicted molar refractivity (Wildman–Crippen MR) is 70.6 cm³/mol. The fraction of sp³-hybridized carbons (Fsp3) is 0.600. The smallest absolute Gasteiger partial charge is 0.123 e. The van der Waals surface area contributed by atoms with Crippen LogP contribution in [0.4, 0.5) is 4.39 Å². The summed E-state index contributed by atoms with van der Waals surface area (Å²) in [6, 6.07) is 8.57. The summed E-state index contributed by atoms with van der Waals surface area (Å²) < 4.78 is 13.2. The van der Waals surface area contributed by atoms with Gasteiger partial charge in [0, 0.05) is 24.7 Å². The van der Waals surface area contributed by atoms with Gasteiger partial charge in [-0.1, -0.05) is 18.6 Å². The highest BCUT2D eigenvalue weighted by Gasteiger charge is 2.36. The number of benzene rings is 1. The minimum atomic E-state index is -0.133. The Balaban J connectivity index is 1.75. The number of halogens is 1. The van der Waals surface area contributed by atoms with Gasteiger partial charge in [-0.3, -0.25) is 4.90 Å². The number of hydrogen-bond donors (Lipinski definition) is 1. The maximum absolute atomic E-state index is 13.2. The summed E-state index contributed by atoms with van der Waals surface area (Å²) in [5, 5.41) is 0. The van der Waals surface area contributed by atoms with Crippen LogP contribution < -0.4 is 5.73 Å². The standard InChI is InChI=1S/C15H21FN2/c16-12-4-1-3-11(7-12)10-18-14-5-2-6-15(18)9-13(17)8-14/h1,3-4,7,13-15H,2,5-6,8-10,17H2. The molecule has 3 heteroatoms. The van der Waals surface area contributed by atoms with Crippen molar-refractivity contribution in [1.82, 2.24) is 4.90 Å². The van der Waals surface area contributed by atoms with Gasteiger partial charge in [-0.25, -0.2) is 4.39 Å². The van der Waals surface area contributed by atoms with Gasteiger partial charge in [0.1, 0.15) is 5.82 Å². The molecule has 0 amide bonds. The third kappa shape index (κ3) is 2.43. The molecule has 0 spiro atoms. The number of nitrogens with zero attached hydrogens (tertiary/aromatic N) is 1. The topological polar surface area (TPSA) is 29.3 Å². The average Bonchev–Trinajstić information content (AvgIpc) is 2.30. The second kappa shape index (κ2) is 4.98. The van der Waals surface area contributed by atoms with Crippen LogP contribution in [0.3, 0.4) is 0 Å². The third-order valence-corrected chi connectivity index (χ3v) is 4.42. The van der Waals surface area contributed by atoms with Gasteiger partial charge in [0.25, 0.3) is 0 Å². The Hall–Kier alpha value is -0.930. The van der Waals surface area contributed by atoms with Crippen LogP contribution in [0.2, 0.25) is 0 Å². The van der Waals surface area contributed by atoms with Crippen LogP contribution in [0.25, 0.3) is 0 Å². The van der Waals surface area contributed by atoms with E-state index in [0.717, 1.165) is 24.9 Å². The fourth-order valence-electron chi connectivity index (χ4n) is 3.62. The maximum Gasteiger partial charge on any atom is 0.123 e. The number of nitrogens with two attached hydrogens (primary N) is 1. The highest BCUT2D eigenvalue weighted by atomic mass is 19.1. The van der Waals surface area contributed by atoms with Crippen molar-refractivity contribution in [1.29, 1.82) is 0 Å². The first kappa shape index (κ1) is 12.1. The van der Waals surface area contributed by atoms with E-state index in [4.69, 9.17) is 5.73 Å². The Morgan fingerprint density at radius 2 is 1.94 bits per heavy atom. The second-order valence-electron chi connectivity index (χ2n) is 5.77. The zero-order valence-corrected chi connectivity index (χ0v) is 10.7. The number of rotatable bonds is 2. The molecule has 2 heterocycles. The summed E-state index contributed by atoms with van der Waals surface area (Å²) in [6.07, 6.45) is 6.03. The average molecular weight is 248 g/mol. The lowest BCUT2D eigenvalue weighted by Gasteiger charge is -2.48. The first-order chi connectivity index (χ1) is 8.72. The van der Waals surface area contributed by atoms with E-state index in [1.807, 2.05) is 6.07 Å². The van der Waals surface area contributed by atoms with Gasteiger partial charge in [0.15, 0.2) is 0 Å². The van der Waals surface area contributed by atoms with E-state index in [9.17, 15) is 4.39 Å². The van der Waals surface area contributed by atoms with Crippen molar-refractivity contribution in [2.45, 2.75) is 56.8 Å². The Morgan fingerprint density at radius 1 is 1.22 bits per heavy atom. The van der Waals surface area contributed by atoms with Crippen LogP contribution in [0, 0.1) is 5.82 Å². The Morgan fingerprint density at radius 3 is 2.61 bits per heavy atom. The summed E-state index contributed by atoms with van der Waals surface area (Å²) in [6.45, 7) is 0.875. The van der Waals surface area contributed by atoms with Crippen LogP contribution in [0.1, 0.15) is 37.7 Å². The third-order valence-electron chi connectivity index (χ3n) is 4.42. The molecule has 3 rings (SSSR count). The van der Waals surface area contributed by atoms with Crippen LogP contribution in [0.5, 0.6) is 0 Å². The fourth-order valence-corrected chi connectivity index (χ4v) is 3.62. The molecule has 0 radical (unpaired) electrons. The molecule has 1 aromatic carbocycles. The molecule has 2 fully saturated rings. The quantitative estimate of drug-likeness (QED) is 0.872. The van der Waals surface area contributed by atoms with Crippen molar-refractivity contribution in [3.63, 3.8) is 0 Å². The molecule has 2 unspecified atom stereocenters. The molecule has 0 aromatic heterocycles. The van der Waals surface area contributed by atoms with Gasteiger partial charge in [0.2, 0.25) is 0 Å². The predicted octanol–water partition coefficient (Wildman–Crippen LogP) is 2.67. The molecule has 18 heavy (non-hydrogen) atoms. The lowest BCUT2D eigenvalue weighted by Crippen LogP contribution is -2.54. The molecule has 0 saturated carbocycles. The molecular formula is C15H21FN2. The van der Waals surface area contributed by atoms with Gasteiger partial charge < -0.3 is 5.73 Å². The summed E-state index contributed by atoms with van der Waals surface area (Å²) in [4.78, 5) is 2.56. The summed E-state index contributed by atoms with van der Waals surface area (Å²) in [5.74, 6) is -0.133. The lowest BCUT2D eigenvalue weighted by molar-refractivity contribution is 0.0244.